The molecule has 0 saturated heterocycles. The summed E-state index contributed by atoms with van der Waals surface area (Å²) in [6, 6.07) is 16.1. The second-order valence-electron chi connectivity index (χ2n) is 4.94. The lowest BCUT2D eigenvalue weighted by Gasteiger charge is -2.08. The summed E-state index contributed by atoms with van der Waals surface area (Å²) in [5.74, 6) is 1.90. The highest BCUT2D eigenvalue weighted by Crippen LogP contribution is 2.27. The van der Waals surface area contributed by atoms with Gasteiger partial charge in [-0.1, -0.05) is 31.2 Å². The minimum Gasteiger partial charge on any atom is -0.497 e. The van der Waals surface area contributed by atoms with E-state index in [2.05, 4.69) is 18.3 Å². The molecule has 3 nitrogen and oxygen atoms in total. The molecule has 2 aromatic carbocycles. The first kappa shape index (κ1) is 13.6. The maximum absolute atomic E-state index is 5.92. The number of methoxy groups -OCH3 is 1. The van der Waals surface area contributed by atoms with Crippen molar-refractivity contribution in [3.05, 3.63) is 59.9 Å². The average Bonchev–Trinajstić information content (AvgIpc) is 2.91. The van der Waals surface area contributed by atoms with Crippen LogP contribution in [0.4, 0.5) is 5.69 Å². The molecule has 0 aliphatic rings. The third-order valence-electron chi connectivity index (χ3n) is 3.64. The van der Waals surface area contributed by atoms with Gasteiger partial charge in [0.05, 0.1) is 7.11 Å². The zero-order valence-electron chi connectivity index (χ0n) is 12.3. The number of nitrogens with one attached hydrogen (secondary N) is 1. The number of furan rings is 1. The van der Waals surface area contributed by atoms with Gasteiger partial charge >= 0.3 is 0 Å². The topological polar surface area (TPSA) is 34.4 Å². The molecule has 108 valence electrons. The first-order chi connectivity index (χ1) is 10.3. The second kappa shape index (κ2) is 5.92. The summed E-state index contributed by atoms with van der Waals surface area (Å²) in [5, 5.41) is 4.63. The number of aryl methyl sites for hydroxylation is 1. The van der Waals surface area contributed by atoms with Gasteiger partial charge in [-0.3, -0.25) is 0 Å². The Morgan fingerprint density at radius 2 is 1.95 bits per heavy atom. The molecule has 1 aromatic heterocycles. The summed E-state index contributed by atoms with van der Waals surface area (Å²) in [7, 11) is 1.68. The zero-order valence-corrected chi connectivity index (χ0v) is 12.3. The van der Waals surface area contributed by atoms with Crippen molar-refractivity contribution in [2.45, 2.75) is 19.9 Å². The van der Waals surface area contributed by atoms with E-state index in [-0.39, 0.29) is 0 Å². The molecule has 3 aromatic rings. The van der Waals surface area contributed by atoms with Crippen LogP contribution in [0.5, 0.6) is 5.75 Å². The minimum absolute atomic E-state index is 0.743. The van der Waals surface area contributed by atoms with Gasteiger partial charge in [0.2, 0.25) is 0 Å². The van der Waals surface area contributed by atoms with E-state index >= 15 is 0 Å². The first-order valence-corrected chi connectivity index (χ1v) is 7.19. The molecule has 0 bridgehead atoms. The third-order valence-corrected chi connectivity index (χ3v) is 3.64. The van der Waals surface area contributed by atoms with E-state index in [1.165, 1.54) is 10.9 Å². The Morgan fingerprint density at radius 1 is 1.10 bits per heavy atom. The number of ether oxygens (including phenoxy) is 1. The standard InChI is InChI=1S/C18H19NO2/c1-3-17-16(15-9-4-5-10-18(15)21-17)12-19-13-7-6-8-14(11-13)20-2/h4-11,19H,3,12H2,1-2H3. The Labute approximate surface area is 124 Å². The Balaban J connectivity index is 1.87. The second-order valence-corrected chi connectivity index (χ2v) is 4.94. The third kappa shape index (κ3) is 2.72. The van der Waals surface area contributed by atoms with Crippen molar-refractivity contribution >= 4 is 16.7 Å². The molecule has 0 aliphatic heterocycles. The minimum atomic E-state index is 0.743. The fraction of sp³-hybridized carbons (Fsp3) is 0.222. The van der Waals surface area contributed by atoms with Crippen LogP contribution in [0.3, 0.4) is 0 Å². The number of hydrogen-bond donors (Lipinski definition) is 1. The molecular weight excluding hydrogens is 262 g/mol. The highest BCUT2D eigenvalue weighted by Gasteiger charge is 2.12. The van der Waals surface area contributed by atoms with Crippen molar-refractivity contribution in [1.29, 1.82) is 0 Å². The molecule has 0 aliphatic carbocycles. The van der Waals surface area contributed by atoms with Crippen molar-refractivity contribution in [1.82, 2.24) is 0 Å². The molecule has 3 rings (SSSR count). The Hall–Kier alpha value is -2.42. The van der Waals surface area contributed by atoms with Crippen LogP contribution in [-0.2, 0) is 13.0 Å². The van der Waals surface area contributed by atoms with Crippen LogP contribution in [-0.4, -0.2) is 7.11 Å². The number of anilines is 1. The lowest BCUT2D eigenvalue weighted by atomic mass is 10.1. The number of para-hydroxylation sites is 1. The van der Waals surface area contributed by atoms with Crippen molar-refractivity contribution < 1.29 is 9.15 Å². The van der Waals surface area contributed by atoms with E-state index in [0.717, 1.165) is 35.7 Å². The largest absolute Gasteiger partial charge is 0.497 e. The van der Waals surface area contributed by atoms with Crippen LogP contribution < -0.4 is 10.1 Å². The first-order valence-electron chi connectivity index (χ1n) is 7.19. The average molecular weight is 281 g/mol. The van der Waals surface area contributed by atoms with Gasteiger partial charge in [-0.25, -0.2) is 0 Å². The van der Waals surface area contributed by atoms with E-state index in [1.54, 1.807) is 7.11 Å². The van der Waals surface area contributed by atoms with Crippen molar-refractivity contribution in [3.63, 3.8) is 0 Å². The normalized spacial score (nSPS) is 10.8. The molecule has 0 amide bonds. The lowest BCUT2D eigenvalue weighted by molar-refractivity contribution is 0.415. The zero-order chi connectivity index (χ0) is 14.7. The van der Waals surface area contributed by atoms with Gasteiger partial charge in [0.15, 0.2) is 0 Å². The SMILES string of the molecule is CCc1oc2ccccc2c1CNc1cccc(OC)c1. The van der Waals surface area contributed by atoms with Crippen LogP contribution in [0.1, 0.15) is 18.2 Å². The van der Waals surface area contributed by atoms with Crippen LogP contribution in [0.25, 0.3) is 11.0 Å². The highest BCUT2D eigenvalue weighted by molar-refractivity contribution is 5.82. The number of fused-ring (bicyclic) bond motifs is 1. The highest BCUT2D eigenvalue weighted by atomic mass is 16.5. The van der Waals surface area contributed by atoms with E-state index in [9.17, 15) is 0 Å². The molecule has 21 heavy (non-hydrogen) atoms. The molecule has 0 atom stereocenters. The van der Waals surface area contributed by atoms with E-state index in [0.29, 0.717) is 0 Å². The maximum atomic E-state index is 5.92. The lowest BCUT2D eigenvalue weighted by Crippen LogP contribution is -2.01. The molecular formula is C18H19NO2. The van der Waals surface area contributed by atoms with Crippen molar-refractivity contribution in [2.75, 3.05) is 12.4 Å². The molecule has 3 heteroatoms. The summed E-state index contributed by atoms with van der Waals surface area (Å²) >= 11 is 0. The molecule has 1 N–H and O–H groups in total. The fourth-order valence-corrected chi connectivity index (χ4v) is 2.55. The smallest absolute Gasteiger partial charge is 0.134 e. The van der Waals surface area contributed by atoms with Crippen LogP contribution >= 0.6 is 0 Å². The summed E-state index contributed by atoms with van der Waals surface area (Å²) in [6.45, 7) is 2.86. The van der Waals surface area contributed by atoms with Crippen LogP contribution in [0, 0.1) is 0 Å². The van der Waals surface area contributed by atoms with Gasteiger partial charge in [-0.2, -0.15) is 0 Å². The Bertz CT molecular complexity index is 746. The van der Waals surface area contributed by atoms with Gasteiger partial charge < -0.3 is 14.5 Å². The van der Waals surface area contributed by atoms with E-state index in [4.69, 9.17) is 9.15 Å². The monoisotopic (exact) mass is 281 g/mol. The van der Waals surface area contributed by atoms with E-state index in [1.807, 2.05) is 42.5 Å². The van der Waals surface area contributed by atoms with Gasteiger partial charge in [-0.05, 0) is 18.2 Å². The van der Waals surface area contributed by atoms with Gasteiger partial charge in [0.1, 0.15) is 17.1 Å². The predicted molar refractivity (Wildman–Crippen MR) is 85.9 cm³/mol. The summed E-state index contributed by atoms with van der Waals surface area (Å²) in [5.41, 5.74) is 3.23. The predicted octanol–water partition coefficient (Wildman–Crippen LogP) is 4.62. The molecule has 0 spiro atoms. The molecule has 0 unspecified atom stereocenters. The molecule has 1 heterocycles. The maximum Gasteiger partial charge on any atom is 0.134 e. The van der Waals surface area contributed by atoms with Crippen molar-refractivity contribution in [2.24, 2.45) is 0 Å². The van der Waals surface area contributed by atoms with E-state index < -0.39 is 0 Å². The fourth-order valence-electron chi connectivity index (χ4n) is 2.55. The quantitative estimate of drug-likeness (QED) is 0.741. The molecule has 0 fully saturated rings. The summed E-state index contributed by atoms with van der Waals surface area (Å²) in [6.07, 6.45) is 0.893. The number of hydrogen-bond acceptors (Lipinski definition) is 3. The molecule has 0 saturated carbocycles. The van der Waals surface area contributed by atoms with Crippen LogP contribution in [0.2, 0.25) is 0 Å². The van der Waals surface area contributed by atoms with Gasteiger partial charge in [0.25, 0.3) is 0 Å². The van der Waals surface area contributed by atoms with Gasteiger partial charge in [0, 0.05) is 35.7 Å². The van der Waals surface area contributed by atoms with Gasteiger partial charge in [-0.15, -0.1) is 0 Å². The van der Waals surface area contributed by atoms with Crippen LogP contribution in [0.15, 0.2) is 52.9 Å². The number of benzene rings is 2. The molecule has 0 radical (unpaired) electrons. The summed E-state index contributed by atoms with van der Waals surface area (Å²) in [4.78, 5) is 0. The van der Waals surface area contributed by atoms with Crippen molar-refractivity contribution in [3.8, 4) is 5.75 Å². The number of rotatable bonds is 5. The summed E-state index contributed by atoms with van der Waals surface area (Å²) < 4.78 is 11.2. The Kier molecular flexibility index (Phi) is 3.82. The Morgan fingerprint density at radius 3 is 2.76 bits per heavy atom.